The molecule has 0 unspecified atom stereocenters. The van der Waals surface area contributed by atoms with Gasteiger partial charge in [0.1, 0.15) is 12.6 Å². The van der Waals surface area contributed by atoms with Crippen molar-refractivity contribution < 1.29 is 14.3 Å². The maximum absolute atomic E-state index is 11.9. The van der Waals surface area contributed by atoms with Gasteiger partial charge >= 0.3 is 5.97 Å². The fourth-order valence-electron chi connectivity index (χ4n) is 1.56. The van der Waals surface area contributed by atoms with Crippen LogP contribution < -0.4 is 5.32 Å². The average Bonchev–Trinajstić information content (AvgIpc) is 2.41. The van der Waals surface area contributed by atoms with E-state index in [9.17, 15) is 9.59 Å². The second kappa shape index (κ2) is 8.58. The number of thioether (sulfide) groups is 1. The predicted molar refractivity (Wildman–Crippen MR) is 76.8 cm³/mol. The van der Waals surface area contributed by atoms with E-state index in [0.29, 0.717) is 6.42 Å². The third-order valence-corrected chi connectivity index (χ3v) is 3.14. The second-order valence-electron chi connectivity index (χ2n) is 4.13. The Morgan fingerprint density at radius 1 is 1.32 bits per heavy atom. The Morgan fingerprint density at radius 3 is 2.58 bits per heavy atom. The highest BCUT2D eigenvalue weighted by atomic mass is 32.2. The molecule has 0 aliphatic carbocycles. The van der Waals surface area contributed by atoms with Crippen LogP contribution in [0.5, 0.6) is 0 Å². The summed E-state index contributed by atoms with van der Waals surface area (Å²) in [6.07, 6.45) is 2.54. The summed E-state index contributed by atoms with van der Waals surface area (Å²) >= 11 is 1.63. The van der Waals surface area contributed by atoms with Gasteiger partial charge < -0.3 is 10.1 Å². The molecule has 0 fully saturated rings. The van der Waals surface area contributed by atoms with Crippen LogP contribution in [0.3, 0.4) is 0 Å². The number of ether oxygens (including phenoxy) is 1. The van der Waals surface area contributed by atoms with E-state index >= 15 is 0 Å². The van der Waals surface area contributed by atoms with E-state index in [1.54, 1.807) is 11.8 Å². The zero-order chi connectivity index (χ0) is 14.1. The molecule has 1 amide bonds. The first-order valence-electron chi connectivity index (χ1n) is 6.10. The Labute approximate surface area is 117 Å². The van der Waals surface area contributed by atoms with Crippen molar-refractivity contribution >= 4 is 23.6 Å². The Hall–Kier alpha value is -1.49. The fraction of sp³-hybridized carbons (Fsp3) is 0.429. The molecule has 1 aromatic rings. The SMILES string of the molecule is CSCC[C@H](NC(C)=O)C(=O)OCc1ccccc1. The maximum Gasteiger partial charge on any atom is 0.328 e. The first-order chi connectivity index (χ1) is 9.13. The number of hydrogen-bond acceptors (Lipinski definition) is 4. The number of amides is 1. The van der Waals surface area contributed by atoms with E-state index in [2.05, 4.69) is 5.32 Å². The standard InChI is InChI=1S/C14H19NO3S/c1-11(16)15-13(8-9-19-2)14(17)18-10-12-6-4-3-5-7-12/h3-7,13H,8-10H2,1-2H3,(H,15,16)/t13-/m0/s1. The molecule has 19 heavy (non-hydrogen) atoms. The third kappa shape index (κ3) is 6.29. The second-order valence-corrected chi connectivity index (χ2v) is 5.11. The Balaban J connectivity index is 2.48. The van der Waals surface area contributed by atoms with Crippen LogP contribution in [0.25, 0.3) is 0 Å². The lowest BCUT2D eigenvalue weighted by atomic mass is 10.2. The first kappa shape index (κ1) is 15.6. The van der Waals surface area contributed by atoms with Gasteiger partial charge in [0.05, 0.1) is 0 Å². The van der Waals surface area contributed by atoms with Crippen LogP contribution in [0.1, 0.15) is 18.9 Å². The van der Waals surface area contributed by atoms with Crippen LogP contribution in [0.2, 0.25) is 0 Å². The molecule has 0 aliphatic rings. The molecule has 1 N–H and O–H groups in total. The zero-order valence-corrected chi connectivity index (χ0v) is 12.0. The summed E-state index contributed by atoms with van der Waals surface area (Å²) in [7, 11) is 0. The number of esters is 1. The monoisotopic (exact) mass is 281 g/mol. The normalized spacial score (nSPS) is 11.7. The Bertz CT molecular complexity index is 408. The molecule has 0 heterocycles. The molecule has 1 rings (SSSR count). The molecule has 0 spiro atoms. The highest BCUT2D eigenvalue weighted by Crippen LogP contribution is 2.06. The molecular weight excluding hydrogens is 262 g/mol. The molecule has 0 aliphatic heterocycles. The summed E-state index contributed by atoms with van der Waals surface area (Å²) in [5, 5.41) is 2.62. The molecule has 0 saturated heterocycles. The molecule has 0 bridgehead atoms. The van der Waals surface area contributed by atoms with E-state index in [1.165, 1.54) is 6.92 Å². The molecule has 0 saturated carbocycles. The van der Waals surface area contributed by atoms with E-state index in [1.807, 2.05) is 36.6 Å². The minimum absolute atomic E-state index is 0.220. The summed E-state index contributed by atoms with van der Waals surface area (Å²) in [5.74, 6) is 0.196. The lowest BCUT2D eigenvalue weighted by molar-refractivity contribution is -0.149. The van der Waals surface area contributed by atoms with Crippen molar-refractivity contribution in [3.63, 3.8) is 0 Å². The Kier molecular flexibility index (Phi) is 7.03. The number of benzene rings is 1. The molecule has 4 nitrogen and oxygen atoms in total. The highest BCUT2D eigenvalue weighted by molar-refractivity contribution is 7.98. The van der Waals surface area contributed by atoms with Crippen molar-refractivity contribution in [2.75, 3.05) is 12.0 Å². The largest absolute Gasteiger partial charge is 0.459 e. The van der Waals surface area contributed by atoms with Crippen molar-refractivity contribution in [1.29, 1.82) is 0 Å². The number of carbonyl (C=O) groups excluding carboxylic acids is 2. The molecule has 1 aromatic carbocycles. The van der Waals surface area contributed by atoms with Crippen LogP contribution in [-0.2, 0) is 20.9 Å². The number of hydrogen-bond donors (Lipinski definition) is 1. The fourth-order valence-corrected chi connectivity index (χ4v) is 2.03. The summed E-state index contributed by atoms with van der Waals surface area (Å²) in [5.41, 5.74) is 0.933. The molecule has 0 radical (unpaired) electrons. The topological polar surface area (TPSA) is 55.4 Å². The number of nitrogens with one attached hydrogen (secondary N) is 1. The van der Waals surface area contributed by atoms with Gasteiger partial charge in [0.2, 0.25) is 5.91 Å². The van der Waals surface area contributed by atoms with Gasteiger partial charge in [-0.25, -0.2) is 4.79 Å². The summed E-state index contributed by atoms with van der Waals surface area (Å²) < 4.78 is 5.23. The lowest BCUT2D eigenvalue weighted by Crippen LogP contribution is -2.41. The lowest BCUT2D eigenvalue weighted by Gasteiger charge is -2.16. The van der Waals surface area contributed by atoms with Gasteiger partial charge in [-0.05, 0) is 24.0 Å². The molecule has 104 valence electrons. The van der Waals surface area contributed by atoms with Crippen LogP contribution in [0.15, 0.2) is 30.3 Å². The van der Waals surface area contributed by atoms with Crippen molar-refractivity contribution in [2.45, 2.75) is 26.0 Å². The summed E-state index contributed by atoms with van der Waals surface area (Å²) in [6.45, 7) is 1.63. The first-order valence-corrected chi connectivity index (χ1v) is 7.49. The van der Waals surface area contributed by atoms with Crippen LogP contribution >= 0.6 is 11.8 Å². The van der Waals surface area contributed by atoms with Gasteiger partial charge in [0, 0.05) is 6.92 Å². The van der Waals surface area contributed by atoms with E-state index < -0.39 is 6.04 Å². The molecule has 1 atom stereocenters. The maximum atomic E-state index is 11.9. The molecule has 5 heteroatoms. The van der Waals surface area contributed by atoms with Gasteiger partial charge in [-0.2, -0.15) is 11.8 Å². The minimum Gasteiger partial charge on any atom is -0.459 e. The minimum atomic E-state index is -0.561. The van der Waals surface area contributed by atoms with Gasteiger partial charge in [0.25, 0.3) is 0 Å². The van der Waals surface area contributed by atoms with Crippen molar-refractivity contribution in [3.8, 4) is 0 Å². The highest BCUT2D eigenvalue weighted by Gasteiger charge is 2.20. The zero-order valence-electron chi connectivity index (χ0n) is 11.2. The van der Waals surface area contributed by atoms with Crippen LogP contribution in [0, 0.1) is 0 Å². The van der Waals surface area contributed by atoms with Crippen LogP contribution in [0.4, 0.5) is 0 Å². The van der Waals surface area contributed by atoms with E-state index in [4.69, 9.17) is 4.74 Å². The number of carbonyl (C=O) groups is 2. The average molecular weight is 281 g/mol. The smallest absolute Gasteiger partial charge is 0.328 e. The van der Waals surface area contributed by atoms with Crippen molar-refractivity contribution in [1.82, 2.24) is 5.32 Å². The summed E-state index contributed by atoms with van der Waals surface area (Å²) in [6, 6.07) is 8.91. The van der Waals surface area contributed by atoms with E-state index in [0.717, 1.165) is 11.3 Å². The predicted octanol–water partition coefficient (Wildman–Crippen LogP) is 1.99. The van der Waals surface area contributed by atoms with Crippen molar-refractivity contribution in [2.24, 2.45) is 0 Å². The summed E-state index contributed by atoms with van der Waals surface area (Å²) in [4.78, 5) is 23.0. The number of rotatable bonds is 7. The third-order valence-electron chi connectivity index (χ3n) is 2.50. The Morgan fingerprint density at radius 2 is 2.00 bits per heavy atom. The van der Waals surface area contributed by atoms with Crippen molar-refractivity contribution in [3.05, 3.63) is 35.9 Å². The van der Waals surface area contributed by atoms with Crippen LogP contribution in [-0.4, -0.2) is 29.9 Å². The van der Waals surface area contributed by atoms with Gasteiger partial charge in [-0.15, -0.1) is 0 Å². The quantitative estimate of drug-likeness (QED) is 0.777. The molecule has 0 aromatic heterocycles. The van der Waals surface area contributed by atoms with Gasteiger partial charge in [-0.3, -0.25) is 4.79 Å². The van der Waals surface area contributed by atoms with Gasteiger partial charge in [-0.1, -0.05) is 30.3 Å². The molecular formula is C14H19NO3S. The van der Waals surface area contributed by atoms with Gasteiger partial charge in [0.15, 0.2) is 0 Å². The van der Waals surface area contributed by atoms with E-state index in [-0.39, 0.29) is 18.5 Å².